The molecule has 5 nitrogen and oxygen atoms in total. The molecule has 0 atom stereocenters. The molecule has 1 aromatic heterocycles. The minimum absolute atomic E-state index is 0.299. The lowest BCUT2D eigenvalue weighted by molar-refractivity contribution is 0.256. The van der Waals surface area contributed by atoms with Crippen molar-refractivity contribution in [1.29, 1.82) is 0 Å². The van der Waals surface area contributed by atoms with Crippen molar-refractivity contribution < 1.29 is 12.8 Å². The molecule has 0 radical (unpaired) electrons. The second-order valence-electron chi connectivity index (χ2n) is 5.69. The summed E-state index contributed by atoms with van der Waals surface area (Å²) in [6.45, 7) is 9.79. The number of aryl methyl sites for hydroxylation is 2. The molecule has 1 aromatic rings. The van der Waals surface area contributed by atoms with E-state index in [4.69, 9.17) is 4.42 Å². The van der Waals surface area contributed by atoms with Gasteiger partial charge in [-0.2, -0.15) is 4.31 Å². The van der Waals surface area contributed by atoms with Crippen molar-refractivity contribution in [3.05, 3.63) is 17.1 Å². The Morgan fingerprint density at radius 1 is 1.25 bits per heavy atom. The van der Waals surface area contributed by atoms with Gasteiger partial charge in [-0.3, -0.25) is 0 Å². The maximum Gasteiger partial charge on any atom is 0.247 e. The Balaban J connectivity index is 3.43. The van der Waals surface area contributed by atoms with Gasteiger partial charge in [0.2, 0.25) is 10.0 Å². The molecule has 0 spiro atoms. The van der Waals surface area contributed by atoms with Crippen LogP contribution in [0.1, 0.15) is 44.3 Å². The van der Waals surface area contributed by atoms with Crippen molar-refractivity contribution in [2.45, 2.75) is 58.0 Å². The van der Waals surface area contributed by atoms with Gasteiger partial charge < -0.3 is 9.73 Å². The van der Waals surface area contributed by atoms with E-state index in [0.717, 1.165) is 6.42 Å². The first-order valence-electron chi connectivity index (χ1n) is 6.82. The fraction of sp³-hybridized carbons (Fsp3) is 0.714. The van der Waals surface area contributed by atoms with Crippen LogP contribution in [0.4, 0.5) is 0 Å². The molecule has 0 bridgehead atoms. The first-order valence-corrected chi connectivity index (χ1v) is 8.26. The minimum atomic E-state index is -3.57. The van der Waals surface area contributed by atoms with Crippen molar-refractivity contribution in [2.24, 2.45) is 0 Å². The van der Waals surface area contributed by atoms with E-state index in [1.165, 1.54) is 4.31 Å². The average Bonchev–Trinajstić information content (AvgIpc) is 2.64. The fourth-order valence-electron chi connectivity index (χ4n) is 2.11. The van der Waals surface area contributed by atoms with E-state index in [-0.39, 0.29) is 0 Å². The smallest absolute Gasteiger partial charge is 0.247 e. The summed E-state index contributed by atoms with van der Waals surface area (Å²) in [6.07, 6.45) is 0.736. The predicted molar refractivity (Wildman–Crippen MR) is 80.3 cm³/mol. The number of nitrogens with zero attached hydrogens (tertiary/aromatic N) is 1. The van der Waals surface area contributed by atoms with E-state index in [1.54, 1.807) is 27.9 Å². The van der Waals surface area contributed by atoms with E-state index in [2.05, 4.69) is 5.32 Å². The molecule has 1 heterocycles. The molecule has 20 heavy (non-hydrogen) atoms. The van der Waals surface area contributed by atoms with Gasteiger partial charge in [-0.25, -0.2) is 8.42 Å². The van der Waals surface area contributed by atoms with Crippen molar-refractivity contribution in [3.63, 3.8) is 0 Å². The van der Waals surface area contributed by atoms with Crippen LogP contribution >= 0.6 is 0 Å². The molecule has 1 rings (SSSR count). The molecule has 0 aromatic carbocycles. The zero-order valence-electron chi connectivity index (χ0n) is 13.5. The van der Waals surface area contributed by atoms with Gasteiger partial charge in [-0.05, 0) is 41.2 Å². The number of hydrogen-bond donors (Lipinski definition) is 1. The third-order valence-corrected chi connectivity index (χ3v) is 6.28. The van der Waals surface area contributed by atoms with Gasteiger partial charge in [-0.15, -0.1) is 0 Å². The Labute approximate surface area is 122 Å². The van der Waals surface area contributed by atoms with Gasteiger partial charge in [-0.1, -0.05) is 6.92 Å². The summed E-state index contributed by atoms with van der Waals surface area (Å²) in [4.78, 5) is 0.299. The molecule has 0 aliphatic rings. The van der Waals surface area contributed by atoms with Crippen molar-refractivity contribution in [2.75, 3.05) is 14.1 Å². The van der Waals surface area contributed by atoms with Gasteiger partial charge in [0.05, 0.1) is 0 Å². The quantitative estimate of drug-likeness (QED) is 0.876. The summed E-state index contributed by atoms with van der Waals surface area (Å²) in [6, 6.07) is 0. The van der Waals surface area contributed by atoms with Gasteiger partial charge in [0.1, 0.15) is 16.4 Å². The van der Waals surface area contributed by atoms with E-state index in [0.29, 0.717) is 28.5 Å². The normalized spacial score (nSPS) is 13.2. The number of furan rings is 1. The zero-order valence-corrected chi connectivity index (χ0v) is 14.3. The maximum absolute atomic E-state index is 12.9. The topological polar surface area (TPSA) is 62.6 Å². The van der Waals surface area contributed by atoms with Crippen LogP contribution in [0.25, 0.3) is 0 Å². The Morgan fingerprint density at radius 3 is 2.25 bits per heavy atom. The first kappa shape index (κ1) is 17.2. The second-order valence-corrected chi connectivity index (χ2v) is 7.60. The van der Waals surface area contributed by atoms with Gasteiger partial charge >= 0.3 is 0 Å². The van der Waals surface area contributed by atoms with Crippen molar-refractivity contribution in [1.82, 2.24) is 9.62 Å². The van der Waals surface area contributed by atoms with Gasteiger partial charge in [0, 0.05) is 24.7 Å². The van der Waals surface area contributed by atoms with Gasteiger partial charge in [0.25, 0.3) is 0 Å². The van der Waals surface area contributed by atoms with Crippen molar-refractivity contribution in [3.8, 4) is 0 Å². The molecule has 6 heteroatoms. The summed E-state index contributed by atoms with van der Waals surface area (Å²) in [7, 11) is -0.154. The molecule has 0 aliphatic heterocycles. The zero-order chi connectivity index (χ0) is 15.7. The molecule has 0 saturated carbocycles. The van der Waals surface area contributed by atoms with Gasteiger partial charge in [0.15, 0.2) is 0 Å². The molecule has 0 unspecified atom stereocenters. The van der Waals surface area contributed by atoms with Crippen LogP contribution in [-0.2, 0) is 16.6 Å². The highest BCUT2D eigenvalue weighted by Crippen LogP contribution is 2.32. The summed E-state index contributed by atoms with van der Waals surface area (Å²) in [5, 5.41) is 3.00. The number of sulfonamides is 1. The summed E-state index contributed by atoms with van der Waals surface area (Å²) in [5.41, 5.74) is 0.275. The highest BCUT2D eigenvalue weighted by atomic mass is 32.2. The molecule has 0 fully saturated rings. The van der Waals surface area contributed by atoms with E-state index < -0.39 is 15.6 Å². The number of hydrogen-bond acceptors (Lipinski definition) is 4. The second kappa shape index (κ2) is 5.87. The molecule has 0 amide bonds. The number of rotatable bonds is 6. The van der Waals surface area contributed by atoms with Crippen LogP contribution < -0.4 is 5.32 Å². The molecule has 0 saturated heterocycles. The first-order chi connectivity index (χ1) is 9.09. The largest absolute Gasteiger partial charge is 0.465 e. The summed E-state index contributed by atoms with van der Waals surface area (Å²) < 4.78 is 32.8. The third-order valence-electron chi connectivity index (χ3n) is 4.01. The molecule has 1 N–H and O–H groups in total. The van der Waals surface area contributed by atoms with E-state index in [9.17, 15) is 8.42 Å². The van der Waals surface area contributed by atoms with Crippen LogP contribution in [0.5, 0.6) is 0 Å². The number of nitrogens with one attached hydrogen (secondary N) is 1. The Bertz CT molecular complexity index is 573. The average molecular weight is 302 g/mol. The highest BCUT2D eigenvalue weighted by molar-refractivity contribution is 7.89. The lowest BCUT2D eigenvalue weighted by Gasteiger charge is -2.33. The van der Waals surface area contributed by atoms with E-state index >= 15 is 0 Å². The summed E-state index contributed by atoms with van der Waals surface area (Å²) >= 11 is 0. The SMILES string of the molecule is CCC(C)(C)N(C)S(=O)(=O)c1c(C)oc(C)c1CNC. The Kier molecular flexibility index (Phi) is 5.05. The van der Waals surface area contributed by atoms with Crippen molar-refractivity contribution >= 4 is 10.0 Å². The van der Waals surface area contributed by atoms with Crippen LogP contribution in [0.15, 0.2) is 9.31 Å². The van der Waals surface area contributed by atoms with Crippen LogP contribution in [0.2, 0.25) is 0 Å². The summed E-state index contributed by atoms with van der Waals surface area (Å²) in [5.74, 6) is 1.10. The maximum atomic E-state index is 12.9. The standard InChI is InChI=1S/C14H26N2O3S/c1-8-14(4,5)16(7)20(17,18)13-11(3)19-10(2)12(13)9-15-6/h15H,8-9H2,1-7H3. The monoisotopic (exact) mass is 302 g/mol. The molecule has 0 aliphatic carbocycles. The fourth-order valence-corrected chi connectivity index (χ4v) is 4.10. The molecule has 116 valence electrons. The lowest BCUT2D eigenvalue weighted by atomic mass is 10.0. The Hall–Kier alpha value is -0.850. The molecular weight excluding hydrogens is 276 g/mol. The predicted octanol–water partition coefficient (Wildman–Crippen LogP) is 2.42. The van der Waals surface area contributed by atoms with Crippen LogP contribution in [0, 0.1) is 13.8 Å². The highest BCUT2D eigenvalue weighted by Gasteiger charge is 2.37. The molecular formula is C14H26N2O3S. The minimum Gasteiger partial charge on any atom is -0.465 e. The lowest BCUT2D eigenvalue weighted by Crippen LogP contribution is -2.44. The Morgan fingerprint density at radius 2 is 1.80 bits per heavy atom. The van der Waals surface area contributed by atoms with Crippen LogP contribution in [0.3, 0.4) is 0 Å². The van der Waals surface area contributed by atoms with E-state index in [1.807, 2.05) is 20.8 Å². The van der Waals surface area contributed by atoms with Crippen LogP contribution in [-0.4, -0.2) is 32.4 Å². The third kappa shape index (κ3) is 2.92.